The number of sulfonamides is 1. The number of halogens is 1. The van der Waals surface area contributed by atoms with Gasteiger partial charge in [0.1, 0.15) is 5.82 Å². The molecular weight excluding hydrogens is 480 g/mol. The van der Waals surface area contributed by atoms with Gasteiger partial charge in [-0.2, -0.15) is 0 Å². The second-order valence-electron chi connectivity index (χ2n) is 8.79. The van der Waals surface area contributed by atoms with E-state index >= 15 is 0 Å². The van der Waals surface area contributed by atoms with E-state index in [4.69, 9.17) is 16.6 Å². The topological polar surface area (TPSA) is 120 Å². The number of rotatable bonds is 5. The van der Waals surface area contributed by atoms with Crippen LogP contribution in [0.5, 0.6) is 0 Å². The molecule has 10 nitrogen and oxygen atoms in total. The Morgan fingerprint density at radius 1 is 1.21 bits per heavy atom. The Morgan fingerprint density at radius 2 is 2.00 bits per heavy atom. The van der Waals surface area contributed by atoms with Gasteiger partial charge in [0.05, 0.1) is 41.5 Å². The number of hydrogen-bond donors (Lipinski definition) is 2. The molecule has 1 atom stereocenters. The van der Waals surface area contributed by atoms with Crippen LogP contribution in [-0.4, -0.2) is 70.9 Å². The fraction of sp³-hybridized carbons (Fsp3) is 0.409. The number of aromatic nitrogens is 3. The first kappa shape index (κ1) is 22.9. The molecule has 2 aliphatic heterocycles. The van der Waals surface area contributed by atoms with Crippen LogP contribution < -0.4 is 9.62 Å². The lowest BCUT2D eigenvalue weighted by molar-refractivity contribution is 0.0607. The summed E-state index contributed by atoms with van der Waals surface area (Å²) in [6, 6.07) is 8.00. The van der Waals surface area contributed by atoms with Crippen LogP contribution in [0.3, 0.4) is 0 Å². The monoisotopic (exact) mass is 504 g/mol. The van der Waals surface area contributed by atoms with Crippen molar-refractivity contribution in [2.75, 3.05) is 35.5 Å². The molecule has 1 aromatic carbocycles. The first-order valence-electron chi connectivity index (χ1n) is 11.1. The molecule has 0 aliphatic carbocycles. The van der Waals surface area contributed by atoms with Gasteiger partial charge >= 0.3 is 0 Å². The zero-order valence-electron chi connectivity index (χ0n) is 18.6. The van der Waals surface area contributed by atoms with Gasteiger partial charge in [0.2, 0.25) is 10.0 Å². The van der Waals surface area contributed by atoms with Crippen LogP contribution in [0.4, 0.5) is 11.5 Å². The number of nitrogens with zero attached hydrogens (tertiary/aromatic N) is 5. The SMILES string of the molecule is CS(=O)(=O)Nc1ccc(Cl)cc1C(=O)N1CCCC[C@@H]1c1cn2nc(N3CC(O)C3)ccc2n1. The highest BCUT2D eigenvalue weighted by atomic mass is 35.5. The predicted octanol–water partition coefficient (Wildman–Crippen LogP) is 2.30. The average molecular weight is 505 g/mol. The maximum absolute atomic E-state index is 13.6. The van der Waals surface area contributed by atoms with Crippen molar-refractivity contribution in [3.05, 3.63) is 52.8 Å². The molecule has 180 valence electrons. The number of likely N-dealkylation sites (tertiary alicyclic amines) is 1. The van der Waals surface area contributed by atoms with Gasteiger partial charge in [-0.05, 0) is 49.6 Å². The van der Waals surface area contributed by atoms with Crippen molar-refractivity contribution in [2.24, 2.45) is 0 Å². The highest BCUT2D eigenvalue weighted by molar-refractivity contribution is 7.92. The Bertz CT molecular complexity index is 1350. The summed E-state index contributed by atoms with van der Waals surface area (Å²) in [6.45, 7) is 1.62. The minimum Gasteiger partial charge on any atom is -0.389 e. The van der Waals surface area contributed by atoms with E-state index in [9.17, 15) is 18.3 Å². The van der Waals surface area contributed by atoms with Gasteiger partial charge in [0.25, 0.3) is 5.91 Å². The number of aliphatic hydroxyl groups is 1. The highest BCUT2D eigenvalue weighted by Gasteiger charge is 2.32. The third-order valence-corrected chi connectivity index (χ3v) is 6.95. The molecule has 1 amide bonds. The van der Waals surface area contributed by atoms with Crippen LogP contribution in [0.1, 0.15) is 41.4 Å². The fourth-order valence-electron chi connectivity index (χ4n) is 4.48. The van der Waals surface area contributed by atoms with E-state index in [1.165, 1.54) is 12.1 Å². The molecule has 0 unspecified atom stereocenters. The number of anilines is 2. The number of hydrogen-bond acceptors (Lipinski definition) is 7. The predicted molar refractivity (Wildman–Crippen MR) is 129 cm³/mol. The molecule has 2 N–H and O–H groups in total. The Hall–Kier alpha value is -2.89. The van der Waals surface area contributed by atoms with Crippen LogP contribution >= 0.6 is 11.6 Å². The standard InChI is InChI=1S/C22H25ClN6O4S/c1-34(32,33)26-17-6-5-14(23)10-16(17)22(31)28-9-3-2-4-19(28)18-13-29-20(24-18)7-8-21(25-29)27-11-15(30)12-27/h5-8,10,13,15,19,26,30H,2-4,9,11-12H2,1H3/t19-/m1/s1. The average Bonchev–Trinajstić information content (AvgIpc) is 3.20. The van der Waals surface area contributed by atoms with Crippen molar-refractivity contribution >= 4 is 44.7 Å². The lowest BCUT2D eigenvalue weighted by atomic mass is 9.98. The molecule has 34 heavy (non-hydrogen) atoms. The minimum absolute atomic E-state index is 0.194. The lowest BCUT2D eigenvalue weighted by Crippen LogP contribution is -2.51. The van der Waals surface area contributed by atoms with Crippen LogP contribution in [0.2, 0.25) is 5.02 Å². The van der Waals surface area contributed by atoms with Crippen molar-refractivity contribution in [3.8, 4) is 0 Å². The quantitative estimate of drug-likeness (QED) is 0.547. The summed E-state index contributed by atoms with van der Waals surface area (Å²) in [5.41, 5.74) is 1.78. The van der Waals surface area contributed by atoms with E-state index in [1.807, 2.05) is 23.2 Å². The molecule has 3 aromatic rings. The molecule has 0 spiro atoms. The van der Waals surface area contributed by atoms with Gasteiger partial charge in [-0.3, -0.25) is 9.52 Å². The van der Waals surface area contributed by atoms with E-state index in [0.717, 1.165) is 37.0 Å². The summed E-state index contributed by atoms with van der Waals surface area (Å²) in [4.78, 5) is 22.1. The van der Waals surface area contributed by atoms with Gasteiger partial charge in [-0.15, -0.1) is 5.10 Å². The Balaban J connectivity index is 1.46. The molecule has 4 heterocycles. The molecule has 5 rings (SSSR count). The molecule has 2 fully saturated rings. The molecule has 0 radical (unpaired) electrons. The van der Waals surface area contributed by atoms with Gasteiger partial charge in [0, 0.05) is 24.7 Å². The number of fused-ring (bicyclic) bond motifs is 1. The van der Waals surface area contributed by atoms with Crippen LogP contribution in [0, 0.1) is 0 Å². The number of aliphatic hydroxyl groups excluding tert-OH is 1. The first-order chi connectivity index (χ1) is 16.2. The molecule has 12 heteroatoms. The number of amides is 1. The number of β-amino-alcohol motifs (C(OH)–C–C–N with tert-alkyl or cyclic N) is 1. The smallest absolute Gasteiger partial charge is 0.256 e. The minimum atomic E-state index is -3.58. The summed E-state index contributed by atoms with van der Waals surface area (Å²) in [6.07, 6.45) is 5.06. The van der Waals surface area contributed by atoms with Gasteiger partial charge in [-0.25, -0.2) is 17.9 Å². The second kappa shape index (κ2) is 8.71. The largest absolute Gasteiger partial charge is 0.389 e. The molecule has 2 aromatic heterocycles. The van der Waals surface area contributed by atoms with Crippen molar-refractivity contribution in [2.45, 2.75) is 31.4 Å². The number of piperidine rings is 1. The molecule has 2 aliphatic rings. The van der Waals surface area contributed by atoms with Crippen molar-refractivity contribution in [1.82, 2.24) is 19.5 Å². The number of nitrogens with one attached hydrogen (secondary N) is 1. The number of imidazole rings is 1. The summed E-state index contributed by atoms with van der Waals surface area (Å²) in [5.74, 6) is 0.451. The van der Waals surface area contributed by atoms with E-state index < -0.39 is 10.0 Å². The summed E-state index contributed by atoms with van der Waals surface area (Å²) < 4.78 is 27.8. The summed E-state index contributed by atoms with van der Waals surface area (Å²) in [5, 5.41) is 14.5. The van der Waals surface area contributed by atoms with E-state index in [1.54, 1.807) is 15.5 Å². The van der Waals surface area contributed by atoms with Gasteiger partial charge in [0.15, 0.2) is 5.65 Å². The van der Waals surface area contributed by atoms with E-state index in [0.29, 0.717) is 30.3 Å². The number of carbonyl (C=O) groups excluding carboxylic acids is 1. The third kappa shape index (κ3) is 4.55. The second-order valence-corrected chi connectivity index (χ2v) is 11.0. The van der Waals surface area contributed by atoms with Crippen molar-refractivity contribution in [1.29, 1.82) is 0 Å². The lowest BCUT2D eigenvalue weighted by Gasteiger charge is -2.36. The zero-order valence-corrected chi connectivity index (χ0v) is 20.1. The summed E-state index contributed by atoms with van der Waals surface area (Å²) in [7, 11) is -3.58. The fourth-order valence-corrected chi connectivity index (χ4v) is 5.23. The first-order valence-corrected chi connectivity index (χ1v) is 13.3. The Morgan fingerprint density at radius 3 is 2.74 bits per heavy atom. The third-order valence-electron chi connectivity index (χ3n) is 6.12. The van der Waals surface area contributed by atoms with E-state index in [2.05, 4.69) is 9.82 Å². The molecular formula is C22H25ClN6O4S. The number of benzene rings is 1. The van der Waals surface area contributed by atoms with Crippen molar-refractivity contribution < 1.29 is 18.3 Å². The van der Waals surface area contributed by atoms with Crippen LogP contribution in [0.15, 0.2) is 36.5 Å². The van der Waals surface area contributed by atoms with E-state index in [-0.39, 0.29) is 29.3 Å². The number of carbonyl (C=O) groups is 1. The van der Waals surface area contributed by atoms with Gasteiger partial charge < -0.3 is 14.9 Å². The Kier molecular flexibility index (Phi) is 5.86. The maximum atomic E-state index is 13.6. The van der Waals surface area contributed by atoms with Gasteiger partial charge in [-0.1, -0.05) is 11.6 Å². The molecule has 0 saturated carbocycles. The maximum Gasteiger partial charge on any atom is 0.256 e. The normalized spacial score (nSPS) is 19.3. The van der Waals surface area contributed by atoms with Crippen LogP contribution in [-0.2, 0) is 10.0 Å². The summed E-state index contributed by atoms with van der Waals surface area (Å²) >= 11 is 6.15. The molecule has 0 bridgehead atoms. The highest BCUT2D eigenvalue weighted by Crippen LogP contribution is 2.34. The Labute approximate surface area is 202 Å². The van der Waals surface area contributed by atoms with Crippen LogP contribution in [0.25, 0.3) is 5.65 Å². The molecule has 2 saturated heterocycles. The zero-order chi connectivity index (χ0) is 24.0. The van der Waals surface area contributed by atoms with Crippen molar-refractivity contribution in [3.63, 3.8) is 0 Å².